The van der Waals surface area contributed by atoms with Crippen LogP contribution in [0.1, 0.15) is 26.2 Å². The zero-order valence-corrected chi connectivity index (χ0v) is 15.4. The molecule has 0 aliphatic carbocycles. The zero-order valence-electron chi connectivity index (χ0n) is 14.5. The van der Waals surface area contributed by atoms with Crippen LogP contribution in [0.3, 0.4) is 0 Å². The minimum Gasteiger partial charge on any atom is -0.475 e. The van der Waals surface area contributed by atoms with Crippen LogP contribution in [0.2, 0.25) is 0 Å². The molecule has 1 unspecified atom stereocenters. The van der Waals surface area contributed by atoms with Crippen molar-refractivity contribution < 1.29 is 36.2 Å². The van der Waals surface area contributed by atoms with E-state index < -0.39 is 22.2 Å². The van der Waals surface area contributed by atoms with Gasteiger partial charge in [-0.15, -0.1) is 0 Å². The van der Waals surface area contributed by atoms with Gasteiger partial charge >= 0.3 is 12.1 Å². The third kappa shape index (κ3) is 6.08. The smallest absolute Gasteiger partial charge is 0.475 e. The maximum Gasteiger partial charge on any atom is 0.490 e. The predicted molar refractivity (Wildman–Crippen MR) is 84.7 cm³/mol. The lowest BCUT2D eigenvalue weighted by molar-refractivity contribution is -0.192. The lowest BCUT2D eigenvalue weighted by atomic mass is 9.88. The number of hydrogen-bond donors (Lipinski definition) is 1. The standard InChI is InChI=1S/C12H24N2O3S.C2HF3O2/c1-4-18(15,16)14-7-5-12(6-8-14)9-11(10-17-12)13(2)3;3-2(4,5)1(6)7/h11H,4-10H2,1-3H3;(H,6,7). The third-order valence-electron chi connectivity index (χ3n) is 4.55. The lowest BCUT2D eigenvalue weighted by Gasteiger charge is -2.38. The van der Waals surface area contributed by atoms with E-state index in [1.807, 2.05) is 0 Å². The molecule has 2 saturated heterocycles. The molecule has 7 nitrogen and oxygen atoms in total. The van der Waals surface area contributed by atoms with Crippen LogP contribution in [0.5, 0.6) is 0 Å². The van der Waals surface area contributed by atoms with Gasteiger partial charge < -0.3 is 14.7 Å². The molecular weight excluding hydrogens is 365 g/mol. The summed E-state index contributed by atoms with van der Waals surface area (Å²) in [6.07, 6.45) is -2.40. The minimum atomic E-state index is -5.08. The van der Waals surface area contributed by atoms with Crippen molar-refractivity contribution in [3.8, 4) is 0 Å². The van der Waals surface area contributed by atoms with Crippen LogP contribution in [-0.2, 0) is 19.6 Å². The molecule has 0 aromatic heterocycles. The first-order valence-corrected chi connectivity index (χ1v) is 9.52. The second kappa shape index (κ2) is 8.19. The number of likely N-dealkylation sites (N-methyl/N-ethyl adjacent to an activating group) is 1. The maximum atomic E-state index is 11.8. The topological polar surface area (TPSA) is 87.2 Å². The van der Waals surface area contributed by atoms with E-state index in [1.54, 1.807) is 11.2 Å². The van der Waals surface area contributed by atoms with Crippen molar-refractivity contribution in [1.82, 2.24) is 9.21 Å². The van der Waals surface area contributed by atoms with Crippen LogP contribution in [0.15, 0.2) is 0 Å². The van der Waals surface area contributed by atoms with Gasteiger partial charge in [0.2, 0.25) is 10.0 Å². The number of carbonyl (C=O) groups is 1. The Bertz CT molecular complexity index is 557. The molecule has 0 saturated carbocycles. The summed E-state index contributed by atoms with van der Waals surface area (Å²) in [5.41, 5.74) is -0.0747. The average Bonchev–Trinajstić information content (AvgIpc) is 2.91. The molecule has 25 heavy (non-hydrogen) atoms. The summed E-state index contributed by atoms with van der Waals surface area (Å²) in [7, 11) is 1.12. The predicted octanol–water partition coefficient (Wildman–Crippen LogP) is 1.15. The van der Waals surface area contributed by atoms with Crippen LogP contribution in [-0.4, -0.2) is 86.1 Å². The molecule has 0 amide bonds. The number of sulfonamides is 1. The van der Waals surface area contributed by atoms with Gasteiger partial charge in [-0.1, -0.05) is 0 Å². The molecular formula is C14H25F3N2O5S. The Labute approximate surface area is 145 Å². The van der Waals surface area contributed by atoms with Crippen molar-refractivity contribution in [3.05, 3.63) is 0 Å². The van der Waals surface area contributed by atoms with Crippen LogP contribution < -0.4 is 0 Å². The van der Waals surface area contributed by atoms with E-state index in [9.17, 15) is 21.6 Å². The molecule has 2 rings (SSSR count). The first kappa shape index (κ1) is 22.1. The van der Waals surface area contributed by atoms with Gasteiger partial charge in [-0.3, -0.25) is 0 Å². The molecule has 1 atom stereocenters. The van der Waals surface area contributed by atoms with E-state index in [4.69, 9.17) is 14.6 Å². The number of aliphatic carboxylic acids is 1. The Morgan fingerprint density at radius 1 is 1.32 bits per heavy atom. The van der Waals surface area contributed by atoms with Crippen molar-refractivity contribution in [2.45, 2.75) is 44.0 Å². The Kier molecular flexibility index (Phi) is 7.25. The summed E-state index contributed by atoms with van der Waals surface area (Å²) in [6.45, 7) is 3.69. The summed E-state index contributed by atoms with van der Waals surface area (Å²) in [5.74, 6) is -2.56. The average molecular weight is 390 g/mol. The summed E-state index contributed by atoms with van der Waals surface area (Å²) in [6, 6.07) is 0.472. The van der Waals surface area contributed by atoms with Gasteiger partial charge in [0.25, 0.3) is 0 Å². The van der Waals surface area contributed by atoms with Gasteiger partial charge in [0.05, 0.1) is 18.0 Å². The Hall–Kier alpha value is -0.910. The van der Waals surface area contributed by atoms with Gasteiger partial charge in [-0.05, 0) is 40.3 Å². The van der Waals surface area contributed by atoms with Gasteiger partial charge in [0.15, 0.2) is 0 Å². The highest BCUT2D eigenvalue weighted by Crippen LogP contribution is 2.37. The highest BCUT2D eigenvalue weighted by Gasteiger charge is 2.44. The summed E-state index contributed by atoms with van der Waals surface area (Å²) in [5, 5.41) is 7.12. The molecule has 11 heteroatoms. The number of piperidine rings is 1. The lowest BCUT2D eigenvalue weighted by Crippen LogP contribution is -2.47. The monoisotopic (exact) mass is 390 g/mol. The second-order valence-electron chi connectivity index (χ2n) is 6.42. The minimum absolute atomic E-state index is 0.0747. The fourth-order valence-electron chi connectivity index (χ4n) is 2.85. The van der Waals surface area contributed by atoms with E-state index in [0.717, 1.165) is 25.9 Å². The van der Waals surface area contributed by atoms with E-state index in [0.29, 0.717) is 19.1 Å². The fourth-order valence-corrected chi connectivity index (χ4v) is 3.96. The third-order valence-corrected chi connectivity index (χ3v) is 6.44. The van der Waals surface area contributed by atoms with Crippen LogP contribution in [0.25, 0.3) is 0 Å². The zero-order chi connectivity index (χ0) is 19.5. The van der Waals surface area contributed by atoms with E-state index in [1.165, 1.54) is 0 Å². The first-order valence-electron chi connectivity index (χ1n) is 7.91. The van der Waals surface area contributed by atoms with Crippen molar-refractivity contribution in [2.24, 2.45) is 0 Å². The Morgan fingerprint density at radius 2 is 1.80 bits per heavy atom. The van der Waals surface area contributed by atoms with Gasteiger partial charge in [-0.25, -0.2) is 17.5 Å². The van der Waals surface area contributed by atoms with E-state index in [-0.39, 0.29) is 11.4 Å². The molecule has 0 aromatic rings. The molecule has 1 spiro atoms. The van der Waals surface area contributed by atoms with Gasteiger partial charge in [-0.2, -0.15) is 13.2 Å². The highest BCUT2D eigenvalue weighted by molar-refractivity contribution is 7.89. The van der Waals surface area contributed by atoms with Crippen molar-refractivity contribution in [2.75, 3.05) is 39.5 Å². The molecule has 2 aliphatic rings. The highest BCUT2D eigenvalue weighted by atomic mass is 32.2. The number of rotatable bonds is 3. The van der Waals surface area contributed by atoms with Gasteiger partial charge in [0, 0.05) is 19.1 Å². The molecule has 0 radical (unpaired) electrons. The second-order valence-corrected chi connectivity index (χ2v) is 8.68. The Morgan fingerprint density at radius 3 is 2.12 bits per heavy atom. The number of carboxylic acids is 1. The summed E-state index contributed by atoms with van der Waals surface area (Å²) in [4.78, 5) is 11.1. The molecule has 0 aromatic carbocycles. The number of halogens is 3. The van der Waals surface area contributed by atoms with Crippen molar-refractivity contribution >= 4 is 16.0 Å². The molecule has 2 aliphatic heterocycles. The SMILES string of the molecule is CCS(=O)(=O)N1CCC2(CC1)CC(N(C)C)CO2.O=C(O)C(F)(F)F. The van der Waals surface area contributed by atoms with E-state index >= 15 is 0 Å². The maximum absolute atomic E-state index is 11.8. The molecule has 2 fully saturated rings. The first-order chi connectivity index (χ1) is 11.3. The van der Waals surface area contributed by atoms with Crippen LogP contribution in [0, 0.1) is 0 Å². The number of alkyl halides is 3. The Balaban J connectivity index is 0.000000381. The molecule has 0 bridgehead atoms. The number of nitrogens with zero attached hydrogens (tertiary/aromatic N) is 2. The normalized spacial score (nSPS) is 24.2. The molecule has 1 N–H and O–H groups in total. The number of hydrogen-bond acceptors (Lipinski definition) is 5. The summed E-state index contributed by atoms with van der Waals surface area (Å²) >= 11 is 0. The quantitative estimate of drug-likeness (QED) is 0.778. The summed E-state index contributed by atoms with van der Waals surface area (Å²) < 4.78 is 63.0. The van der Waals surface area contributed by atoms with Crippen molar-refractivity contribution in [1.29, 1.82) is 0 Å². The van der Waals surface area contributed by atoms with Crippen LogP contribution in [0.4, 0.5) is 13.2 Å². The van der Waals surface area contributed by atoms with E-state index in [2.05, 4.69) is 19.0 Å². The molecule has 2 heterocycles. The van der Waals surface area contributed by atoms with Crippen molar-refractivity contribution in [3.63, 3.8) is 0 Å². The van der Waals surface area contributed by atoms with Gasteiger partial charge in [0.1, 0.15) is 0 Å². The number of carboxylic acid groups (broad SMARTS) is 1. The molecule has 148 valence electrons. The number of ether oxygens (including phenoxy) is 1. The fraction of sp³-hybridized carbons (Fsp3) is 0.929. The van der Waals surface area contributed by atoms with Crippen LogP contribution >= 0.6 is 0 Å². The largest absolute Gasteiger partial charge is 0.490 e.